The fourth-order valence-corrected chi connectivity index (χ4v) is 3.63. The molecule has 0 bridgehead atoms. The monoisotopic (exact) mass is 389 g/mol. The average molecular weight is 389 g/mol. The number of hydrogen-bond donors (Lipinski definition) is 0. The summed E-state index contributed by atoms with van der Waals surface area (Å²) < 4.78 is 1.89. The number of pyridine rings is 1. The fraction of sp³-hybridized carbons (Fsp3) is 0.0800. The van der Waals surface area contributed by atoms with Crippen LogP contribution in [0.15, 0.2) is 78.9 Å². The van der Waals surface area contributed by atoms with Crippen molar-refractivity contribution in [1.29, 1.82) is 5.26 Å². The van der Waals surface area contributed by atoms with Gasteiger partial charge in [-0.15, -0.1) is 0 Å². The summed E-state index contributed by atoms with van der Waals surface area (Å²) in [5.41, 5.74) is 6.26. The van der Waals surface area contributed by atoms with Gasteiger partial charge in [0.25, 0.3) is 0 Å². The van der Waals surface area contributed by atoms with Crippen LogP contribution in [0.3, 0.4) is 0 Å². The van der Waals surface area contributed by atoms with Crippen LogP contribution in [-0.2, 0) is 0 Å². The Kier molecular flexibility index (Phi) is 4.19. The summed E-state index contributed by atoms with van der Waals surface area (Å²) in [4.78, 5) is 7.05. The summed E-state index contributed by atoms with van der Waals surface area (Å²) >= 11 is 0. The molecule has 2 aromatic heterocycles. The molecule has 5 heteroatoms. The molecular weight excluding hydrogens is 370 g/mol. The number of benzene rings is 3. The number of nitriles is 1. The molecule has 2 heterocycles. The van der Waals surface area contributed by atoms with Gasteiger partial charge in [0, 0.05) is 36.1 Å². The zero-order valence-corrected chi connectivity index (χ0v) is 16.7. The molecule has 0 aliphatic carbocycles. The lowest BCUT2D eigenvalue weighted by Gasteiger charge is -2.13. The third-order valence-electron chi connectivity index (χ3n) is 5.24. The van der Waals surface area contributed by atoms with Crippen LogP contribution in [0, 0.1) is 11.3 Å². The summed E-state index contributed by atoms with van der Waals surface area (Å²) in [6, 6.07) is 28.1. The third kappa shape index (κ3) is 2.96. The highest BCUT2D eigenvalue weighted by Gasteiger charge is 2.16. The van der Waals surface area contributed by atoms with Crippen molar-refractivity contribution in [2.45, 2.75) is 0 Å². The Morgan fingerprint density at radius 3 is 2.37 bits per heavy atom. The van der Waals surface area contributed by atoms with E-state index in [1.165, 1.54) is 0 Å². The van der Waals surface area contributed by atoms with Gasteiger partial charge < -0.3 is 4.90 Å². The first kappa shape index (κ1) is 17.9. The Morgan fingerprint density at radius 1 is 0.900 bits per heavy atom. The van der Waals surface area contributed by atoms with Gasteiger partial charge in [-0.05, 0) is 48.5 Å². The zero-order valence-electron chi connectivity index (χ0n) is 16.7. The van der Waals surface area contributed by atoms with Crippen LogP contribution in [0.25, 0.3) is 38.9 Å². The van der Waals surface area contributed by atoms with E-state index in [4.69, 9.17) is 15.3 Å². The van der Waals surface area contributed by atoms with Gasteiger partial charge in [0.2, 0.25) is 0 Å². The highest BCUT2D eigenvalue weighted by Crippen LogP contribution is 2.32. The molecule has 144 valence electrons. The molecule has 5 rings (SSSR count). The molecule has 5 nitrogen and oxygen atoms in total. The first-order chi connectivity index (χ1) is 14.6. The lowest BCUT2D eigenvalue weighted by molar-refractivity contribution is 0.903. The van der Waals surface area contributed by atoms with E-state index in [1.807, 2.05) is 79.4 Å². The first-order valence-electron chi connectivity index (χ1n) is 9.71. The van der Waals surface area contributed by atoms with E-state index in [-0.39, 0.29) is 0 Å². The average Bonchev–Trinajstić information content (AvgIpc) is 3.16. The van der Waals surface area contributed by atoms with Crippen molar-refractivity contribution in [3.05, 3.63) is 84.4 Å². The smallest absolute Gasteiger partial charge is 0.164 e. The Hall–Kier alpha value is -4.17. The highest BCUT2D eigenvalue weighted by molar-refractivity contribution is 6.00. The second-order valence-electron chi connectivity index (χ2n) is 7.42. The van der Waals surface area contributed by atoms with Crippen molar-refractivity contribution in [1.82, 2.24) is 14.8 Å². The number of rotatable bonds is 3. The molecule has 0 atom stereocenters. The minimum Gasteiger partial charge on any atom is -0.378 e. The van der Waals surface area contributed by atoms with E-state index in [9.17, 15) is 0 Å². The van der Waals surface area contributed by atoms with Gasteiger partial charge in [-0.25, -0.2) is 9.67 Å². The van der Waals surface area contributed by atoms with E-state index >= 15 is 0 Å². The molecule has 0 N–H and O–H groups in total. The van der Waals surface area contributed by atoms with Crippen molar-refractivity contribution in [3.63, 3.8) is 0 Å². The van der Waals surface area contributed by atoms with Crippen molar-refractivity contribution in [2.24, 2.45) is 0 Å². The van der Waals surface area contributed by atoms with Crippen molar-refractivity contribution in [3.8, 4) is 23.0 Å². The number of fused-ring (bicyclic) bond motifs is 2. The molecule has 0 aliphatic heterocycles. The molecule has 0 saturated carbocycles. The van der Waals surface area contributed by atoms with E-state index in [0.717, 1.165) is 44.6 Å². The second-order valence-corrected chi connectivity index (χ2v) is 7.42. The molecule has 0 amide bonds. The molecule has 5 aromatic rings. The van der Waals surface area contributed by atoms with E-state index in [1.54, 1.807) is 0 Å². The Balaban J connectivity index is 1.82. The molecule has 0 saturated heterocycles. The van der Waals surface area contributed by atoms with Gasteiger partial charge in [0.05, 0.1) is 22.8 Å². The molecule has 0 spiro atoms. The fourth-order valence-electron chi connectivity index (χ4n) is 3.63. The van der Waals surface area contributed by atoms with Crippen molar-refractivity contribution >= 4 is 27.6 Å². The summed E-state index contributed by atoms with van der Waals surface area (Å²) in [5.74, 6) is 0. The molecule has 0 fully saturated rings. The SMILES string of the molecule is CN(C)c1ccc2nc3c(cc2c1)c(-c1ccc(C#N)cc1)nn3-c1ccccc1. The largest absolute Gasteiger partial charge is 0.378 e. The number of aromatic nitrogens is 3. The van der Waals surface area contributed by atoms with E-state index in [2.05, 4.69) is 29.2 Å². The summed E-state index contributed by atoms with van der Waals surface area (Å²) in [5, 5.41) is 16.1. The maximum atomic E-state index is 9.13. The Bertz CT molecular complexity index is 1410. The Labute approximate surface area is 174 Å². The third-order valence-corrected chi connectivity index (χ3v) is 5.24. The van der Waals surface area contributed by atoms with Gasteiger partial charge in [-0.3, -0.25) is 0 Å². The summed E-state index contributed by atoms with van der Waals surface area (Å²) in [6.07, 6.45) is 0. The number of para-hydroxylation sites is 1. The normalized spacial score (nSPS) is 11.0. The highest BCUT2D eigenvalue weighted by atomic mass is 15.3. The first-order valence-corrected chi connectivity index (χ1v) is 9.71. The van der Waals surface area contributed by atoms with Crippen LogP contribution in [0.2, 0.25) is 0 Å². The van der Waals surface area contributed by atoms with Crippen molar-refractivity contribution < 1.29 is 0 Å². The Morgan fingerprint density at radius 2 is 1.67 bits per heavy atom. The minimum absolute atomic E-state index is 0.629. The van der Waals surface area contributed by atoms with Crippen LogP contribution >= 0.6 is 0 Å². The zero-order chi connectivity index (χ0) is 20.7. The molecular formula is C25H19N5. The number of anilines is 1. The lowest BCUT2D eigenvalue weighted by atomic mass is 10.1. The maximum Gasteiger partial charge on any atom is 0.164 e. The predicted octanol–water partition coefficient (Wildman–Crippen LogP) is 5.18. The van der Waals surface area contributed by atoms with Crippen LogP contribution < -0.4 is 4.90 Å². The number of hydrogen-bond acceptors (Lipinski definition) is 4. The van der Waals surface area contributed by atoms with Gasteiger partial charge in [0.1, 0.15) is 5.69 Å². The van der Waals surface area contributed by atoms with Crippen molar-refractivity contribution in [2.75, 3.05) is 19.0 Å². The van der Waals surface area contributed by atoms with Crippen LogP contribution in [-0.4, -0.2) is 28.9 Å². The van der Waals surface area contributed by atoms with Gasteiger partial charge in [-0.2, -0.15) is 10.4 Å². The lowest BCUT2D eigenvalue weighted by Crippen LogP contribution is -2.08. The predicted molar refractivity (Wildman–Crippen MR) is 121 cm³/mol. The minimum atomic E-state index is 0.629. The van der Waals surface area contributed by atoms with Gasteiger partial charge in [0.15, 0.2) is 5.65 Å². The summed E-state index contributed by atoms with van der Waals surface area (Å²) in [7, 11) is 4.06. The van der Waals surface area contributed by atoms with E-state index in [0.29, 0.717) is 5.56 Å². The molecule has 0 radical (unpaired) electrons. The summed E-state index contributed by atoms with van der Waals surface area (Å²) in [6.45, 7) is 0. The van der Waals surface area contributed by atoms with Crippen LogP contribution in [0.1, 0.15) is 5.56 Å². The molecule has 0 unspecified atom stereocenters. The van der Waals surface area contributed by atoms with Gasteiger partial charge >= 0.3 is 0 Å². The van der Waals surface area contributed by atoms with Crippen LogP contribution in [0.4, 0.5) is 5.69 Å². The van der Waals surface area contributed by atoms with E-state index < -0.39 is 0 Å². The van der Waals surface area contributed by atoms with Crippen LogP contribution in [0.5, 0.6) is 0 Å². The quantitative estimate of drug-likeness (QED) is 0.427. The molecule has 3 aromatic carbocycles. The van der Waals surface area contributed by atoms with Gasteiger partial charge in [-0.1, -0.05) is 30.3 Å². The standard InChI is InChI=1S/C25H19N5/c1-29(2)21-12-13-23-19(14-21)15-22-24(18-10-8-17(16-26)9-11-18)28-30(25(22)27-23)20-6-4-3-5-7-20/h3-15H,1-2H3. The second kappa shape index (κ2) is 7.02. The molecule has 30 heavy (non-hydrogen) atoms. The number of nitrogens with zero attached hydrogens (tertiary/aromatic N) is 5. The molecule has 0 aliphatic rings. The maximum absolute atomic E-state index is 9.13. The topological polar surface area (TPSA) is 57.7 Å².